The van der Waals surface area contributed by atoms with Gasteiger partial charge >= 0.3 is 12.1 Å². The number of aryl methyl sites for hydroxylation is 1. The van der Waals surface area contributed by atoms with Crippen molar-refractivity contribution in [3.8, 4) is 11.1 Å². The number of rotatable bonds is 14. The molecule has 1 amide bonds. The number of nitrogens with one attached hydrogen (secondary N) is 3. The van der Waals surface area contributed by atoms with Gasteiger partial charge in [-0.3, -0.25) is 4.79 Å². The molecule has 5 aromatic rings. The molecular weight excluding hydrogens is 679 g/mol. The standard InChI is InChI=1S/C36H40F3N9O4/c1-3-28(49)44-26-18-27(31(30(26)50)52-34(51)36(37,38)39)48-21-43-29-32(40-16-14-23-12-8-9-13-25(23)22-10-6-5-7-11-22)45-35(46-33(29)48)41-17-15-24-19-47(4-2)20-42-24/h5-13,19-21,26-27,30-31,50H,3-4,14-18H2,1-2H3,(H,44,49)(H2,40,41,45,46)/t26-,27+,30+,31-/m0/s1. The highest BCUT2D eigenvalue weighted by molar-refractivity contribution is 5.84. The third-order valence-corrected chi connectivity index (χ3v) is 9.05. The summed E-state index contributed by atoms with van der Waals surface area (Å²) in [5.74, 6) is -2.28. The average Bonchev–Trinajstić information content (AvgIpc) is 3.86. The second kappa shape index (κ2) is 15.8. The van der Waals surface area contributed by atoms with Crippen molar-refractivity contribution >= 4 is 34.8 Å². The molecule has 274 valence electrons. The van der Waals surface area contributed by atoms with Crippen LogP contribution in [0.1, 0.15) is 44.0 Å². The fourth-order valence-corrected chi connectivity index (χ4v) is 6.38. The van der Waals surface area contributed by atoms with Crippen LogP contribution < -0.4 is 16.0 Å². The van der Waals surface area contributed by atoms with Gasteiger partial charge in [0.05, 0.1) is 30.4 Å². The number of aliphatic hydroxyl groups is 1. The summed E-state index contributed by atoms with van der Waals surface area (Å²) in [4.78, 5) is 42.6. The molecule has 6 rings (SSSR count). The predicted molar refractivity (Wildman–Crippen MR) is 187 cm³/mol. The van der Waals surface area contributed by atoms with E-state index in [1.54, 1.807) is 13.3 Å². The maximum absolute atomic E-state index is 13.4. The maximum atomic E-state index is 13.4. The Kier molecular flexibility index (Phi) is 11.0. The van der Waals surface area contributed by atoms with Crippen molar-refractivity contribution in [3.63, 3.8) is 0 Å². The van der Waals surface area contributed by atoms with Crippen molar-refractivity contribution in [1.82, 2.24) is 34.4 Å². The lowest BCUT2D eigenvalue weighted by Gasteiger charge is -2.24. The van der Waals surface area contributed by atoms with Crippen LogP contribution in [0.15, 0.2) is 73.4 Å². The first-order valence-corrected chi connectivity index (χ1v) is 17.2. The number of alkyl halides is 3. The van der Waals surface area contributed by atoms with E-state index in [9.17, 15) is 27.9 Å². The Balaban J connectivity index is 1.31. The van der Waals surface area contributed by atoms with Crippen LogP contribution in [0.3, 0.4) is 0 Å². The monoisotopic (exact) mass is 719 g/mol. The van der Waals surface area contributed by atoms with Crippen molar-refractivity contribution in [2.45, 2.75) is 76.5 Å². The molecule has 0 bridgehead atoms. The number of carbonyl (C=O) groups excluding carboxylic acids is 2. The van der Waals surface area contributed by atoms with Gasteiger partial charge in [-0.2, -0.15) is 23.1 Å². The second-order valence-corrected chi connectivity index (χ2v) is 12.5. The molecule has 1 aliphatic rings. The molecule has 0 spiro atoms. The van der Waals surface area contributed by atoms with E-state index in [-0.39, 0.29) is 24.4 Å². The van der Waals surface area contributed by atoms with Crippen LogP contribution in [-0.4, -0.2) is 83.6 Å². The summed E-state index contributed by atoms with van der Waals surface area (Å²) >= 11 is 0. The summed E-state index contributed by atoms with van der Waals surface area (Å²) in [6.07, 6.45) is -2.31. The van der Waals surface area contributed by atoms with Crippen molar-refractivity contribution in [2.75, 3.05) is 23.7 Å². The summed E-state index contributed by atoms with van der Waals surface area (Å²) in [6.45, 7) is 5.28. The molecule has 0 saturated heterocycles. The number of fused-ring (bicyclic) bond motifs is 1. The van der Waals surface area contributed by atoms with Crippen LogP contribution in [0.5, 0.6) is 0 Å². The number of esters is 1. The Bertz CT molecular complexity index is 2000. The number of imidazole rings is 2. The van der Waals surface area contributed by atoms with Crippen LogP contribution in [0.4, 0.5) is 24.9 Å². The van der Waals surface area contributed by atoms with Gasteiger partial charge in [-0.1, -0.05) is 61.5 Å². The first-order chi connectivity index (χ1) is 25.0. The molecule has 16 heteroatoms. The summed E-state index contributed by atoms with van der Waals surface area (Å²) in [7, 11) is 0. The van der Waals surface area contributed by atoms with E-state index in [1.807, 2.05) is 48.0 Å². The molecule has 52 heavy (non-hydrogen) atoms. The fourth-order valence-electron chi connectivity index (χ4n) is 6.38. The molecule has 0 unspecified atom stereocenters. The van der Waals surface area contributed by atoms with Crippen molar-refractivity contribution in [3.05, 3.63) is 84.7 Å². The van der Waals surface area contributed by atoms with Gasteiger partial charge in [-0.05, 0) is 36.5 Å². The third kappa shape index (κ3) is 8.17. The molecule has 13 nitrogen and oxygen atoms in total. The zero-order valence-electron chi connectivity index (χ0n) is 28.7. The summed E-state index contributed by atoms with van der Waals surface area (Å²) in [5.41, 5.74) is 4.71. The average molecular weight is 720 g/mol. The number of carbonyl (C=O) groups is 2. The smallest absolute Gasteiger partial charge is 0.451 e. The van der Waals surface area contributed by atoms with Crippen LogP contribution in [0.2, 0.25) is 0 Å². The van der Waals surface area contributed by atoms with E-state index in [0.29, 0.717) is 37.3 Å². The minimum Gasteiger partial charge on any atom is -0.451 e. The number of amides is 1. The number of aliphatic hydroxyl groups excluding tert-OH is 1. The first kappa shape index (κ1) is 36.3. The van der Waals surface area contributed by atoms with E-state index in [2.05, 4.69) is 55.2 Å². The minimum atomic E-state index is -5.30. The lowest BCUT2D eigenvalue weighted by atomic mass is 9.98. The Hall–Kier alpha value is -5.51. The quantitative estimate of drug-likeness (QED) is 0.119. The molecule has 4 atom stereocenters. The van der Waals surface area contributed by atoms with Gasteiger partial charge in [0.15, 0.2) is 23.1 Å². The first-order valence-electron chi connectivity index (χ1n) is 17.2. The number of nitrogens with zero attached hydrogens (tertiary/aromatic N) is 6. The zero-order chi connectivity index (χ0) is 36.8. The van der Waals surface area contributed by atoms with Crippen LogP contribution >= 0.6 is 0 Å². The Morgan fingerprint density at radius 3 is 2.44 bits per heavy atom. The van der Waals surface area contributed by atoms with E-state index in [4.69, 9.17) is 9.72 Å². The highest BCUT2D eigenvalue weighted by atomic mass is 19.4. The van der Waals surface area contributed by atoms with Gasteiger partial charge in [-0.15, -0.1) is 0 Å². The highest BCUT2D eigenvalue weighted by Gasteiger charge is 2.51. The van der Waals surface area contributed by atoms with Gasteiger partial charge in [0.2, 0.25) is 11.9 Å². The van der Waals surface area contributed by atoms with Gasteiger partial charge in [-0.25, -0.2) is 14.8 Å². The zero-order valence-corrected chi connectivity index (χ0v) is 28.7. The molecule has 0 aliphatic heterocycles. The Morgan fingerprint density at radius 2 is 1.71 bits per heavy atom. The predicted octanol–water partition coefficient (Wildman–Crippen LogP) is 4.69. The molecule has 1 fully saturated rings. The molecule has 2 aromatic carbocycles. The van der Waals surface area contributed by atoms with Gasteiger partial charge in [0, 0.05) is 38.7 Å². The molecule has 0 radical (unpaired) electrons. The largest absolute Gasteiger partial charge is 0.490 e. The van der Waals surface area contributed by atoms with Crippen LogP contribution in [0, 0.1) is 0 Å². The number of anilines is 2. The normalized spacial score (nSPS) is 18.7. The molecule has 3 aromatic heterocycles. The number of ether oxygens (including phenoxy) is 1. The van der Waals surface area contributed by atoms with Gasteiger partial charge in [0.1, 0.15) is 6.10 Å². The summed E-state index contributed by atoms with van der Waals surface area (Å²) in [6, 6.07) is 16.1. The van der Waals surface area contributed by atoms with E-state index in [0.717, 1.165) is 28.9 Å². The Labute approximate surface area is 297 Å². The van der Waals surface area contributed by atoms with Crippen molar-refractivity contribution in [1.29, 1.82) is 0 Å². The third-order valence-electron chi connectivity index (χ3n) is 9.05. The lowest BCUT2D eigenvalue weighted by Crippen LogP contribution is -2.45. The molecule has 1 saturated carbocycles. The molecule has 3 heterocycles. The number of hydrogen-bond donors (Lipinski definition) is 4. The lowest BCUT2D eigenvalue weighted by molar-refractivity contribution is -0.209. The van der Waals surface area contributed by atoms with E-state index >= 15 is 0 Å². The van der Waals surface area contributed by atoms with Crippen molar-refractivity contribution < 1.29 is 32.6 Å². The number of aromatic nitrogens is 6. The van der Waals surface area contributed by atoms with Gasteiger partial charge in [0.25, 0.3) is 0 Å². The maximum Gasteiger partial charge on any atom is 0.490 e. The number of halogens is 3. The molecule has 1 aliphatic carbocycles. The summed E-state index contributed by atoms with van der Waals surface area (Å²) in [5, 5.41) is 20.3. The number of benzene rings is 2. The van der Waals surface area contributed by atoms with Crippen molar-refractivity contribution in [2.24, 2.45) is 0 Å². The Morgan fingerprint density at radius 1 is 0.962 bits per heavy atom. The van der Waals surface area contributed by atoms with Crippen LogP contribution in [-0.2, 0) is 33.7 Å². The molecular formula is C36H40F3N9O4. The van der Waals surface area contributed by atoms with Gasteiger partial charge < -0.3 is 34.9 Å². The van der Waals surface area contributed by atoms with Crippen LogP contribution in [0.25, 0.3) is 22.3 Å². The summed E-state index contributed by atoms with van der Waals surface area (Å²) < 4.78 is 48.4. The van der Waals surface area contributed by atoms with E-state index < -0.39 is 42.3 Å². The number of hydrogen-bond acceptors (Lipinski definition) is 10. The minimum absolute atomic E-state index is 0.0555. The SMILES string of the molecule is CCC(=O)N[C@H]1C[C@@H](n2cnc3c(NCCc4ccccc4-c4ccccc4)nc(NCCc4cn(CC)cn4)nc32)[C@H](OC(=O)C(F)(F)F)[C@@H]1O. The highest BCUT2D eigenvalue weighted by Crippen LogP contribution is 2.37. The second-order valence-electron chi connectivity index (χ2n) is 12.5. The molecule has 4 N–H and O–H groups in total. The van der Waals surface area contributed by atoms with E-state index in [1.165, 1.54) is 10.9 Å². The fraction of sp³-hybridized carbons (Fsp3) is 0.389. The topological polar surface area (TPSA) is 161 Å².